The Morgan fingerprint density at radius 3 is 2.54 bits per heavy atom. The van der Waals surface area contributed by atoms with Crippen LogP contribution in [0, 0.1) is 0 Å². The fourth-order valence-electron chi connectivity index (χ4n) is 2.70. The summed E-state index contributed by atoms with van der Waals surface area (Å²) in [5.41, 5.74) is 0.955. The molecule has 0 aliphatic heterocycles. The summed E-state index contributed by atoms with van der Waals surface area (Å²) in [7, 11) is 1.61. The maximum Gasteiger partial charge on any atom is 0.270 e. The monoisotopic (exact) mass is 383 g/mol. The van der Waals surface area contributed by atoms with E-state index < -0.39 is 0 Å². The molecule has 0 radical (unpaired) electrons. The molecule has 0 aliphatic rings. The predicted octanol–water partition coefficient (Wildman–Crippen LogP) is 2.63. The van der Waals surface area contributed by atoms with Crippen LogP contribution in [0.3, 0.4) is 0 Å². The van der Waals surface area contributed by atoms with Gasteiger partial charge in [0.25, 0.3) is 11.7 Å². The molecule has 1 amide bonds. The van der Waals surface area contributed by atoms with Gasteiger partial charge in [-0.05, 0) is 37.3 Å². The minimum atomic E-state index is -0.276. The average Bonchev–Trinajstić information content (AvgIpc) is 3.13. The standard InChI is InChI=1S/C20H25N5O3/c1-13(11-28-15-8-6-14(27-5)7-9-15)23-18(26)16-10-17(20(2,3)4)25-19(24-16)21-12-22-25/h6-10,12-13H,11H2,1-5H3,(H,23,26)/t13-/m0/s1. The molecular formula is C20H25N5O3. The van der Waals surface area contributed by atoms with Crippen molar-refractivity contribution >= 4 is 11.7 Å². The van der Waals surface area contributed by atoms with E-state index in [1.54, 1.807) is 17.7 Å². The third kappa shape index (κ3) is 4.39. The van der Waals surface area contributed by atoms with Crippen LogP contribution in [0.5, 0.6) is 11.5 Å². The molecule has 148 valence electrons. The van der Waals surface area contributed by atoms with E-state index in [1.807, 2.05) is 31.2 Å². The number of carbonyl (C=O) groups excluding carboxylic acids is 1. The van der Waals surface area contributed by atoms with E-state index in [9.17, 15) is 4.79 Å². The Morgan fingerprint density at radius 1 is 1.21 bits per heavy atom. The third-order valence-electron chi connectivity index (χ3n) is 4.19. The number of fused-ring (bicyclic) bond motifs is 1. The summed E-state index contributed by atoms with van der Waals surface area (Å²) in [5.74, 6) is 1.60. The molecule has 0 aliphatic carbocycles. The number of nitrogens with one attached hydrogen (secondary N) is 1. The highest BCUT2D eigenvalue weighted by Crippen LogP contribution is 2.22. The lowest BCUT2D eigenvalue weighted by atomic mass is 9.91. The van der Waals surface area contributed by atoms with Gasteiger partial charge in [-0.15, -0.1) is 0 Å². The maximum absolute atomic E-state index is 12.7. The van der Waals surface area contributed by atoms with E-state index in [1.165, 1.54) is 6.33 Å². The number of aromatic nitrogens is 4. The van der Waals surface area contributed by atoms with E-state index >= 15 is 0 Å². The summed E-state index contributed by atoms with van der Waals surface area (Å²) < 4.78 is 12.5. The number of hydrogen-bond donors (Lipinski definition) is 1. The molecule has 0 spiro atoms. The van der Waals surface area contributed by atoms with Crippen molar-refractivity contribution in [3.63, 3.8) is 0 Å². The molecule has 2 aromatic heterocycles. The van der Waals surface area contributed by atoms with Gasteiger partial charge in [-0.1, -0.05) is 20.8 Å². The molecule has 3 aromatic rings. The van der Waals surface area contributed by atoms with Gasteiger partial charge in [0.2, 0.25) is 0 Å². The van der Waals surface area contributed by atoms with Gasteiger partial charge >= 0.3 is 0 Å². The minimum Gasteiger partial charge on any atom is -0.497 e. The Labute approximate surface area is 163 Å². The number of ether oxygens (including phenoxy) is 2. The number of amides is 1. The first-order valence-corrected chi connectivity index (χ1v) is 9.07. The van der Waals surface area contributed by atoms with Crippen LogP contribution in [0.2, 0.25) is 0 Å². The van der Waals surface area contributed by atoms with Gasteiger partial charge in [0.05, 0.1) is 18.8 Å². The fraction of sp³-hybridized carbons (Fsp3) is 0.400. The van der Waals surface area contributed by atoms with E-state index in [0.717, 1.165) is 11.4 Å². The lowest BCUT2D eigenvalue weighted by Crippen LogP contribution is -2.37. The molecule has 8 nitrogen and oxygen atoms in total. The van der Waals surface area contributed by atoms with Crippen LogP contribution in [-0.2, 0) is 5.41 Å². The van der Waals surface area contributed by atoms with Crippen LogP contribution in [-0.4, -0.2) is 45.2 Å². The van der Waals surface area contributed by atoms with Gasteiger partial charge < -0.3 is 14.8 Å². The van der Waals surface area contributed by atoms with Crippen molar-refractivity contribution in [1.82, 2.24) is 24.9 Å². The molecule has 28 heavy (non-hydrogen) atoms. The van der Waals surface area contributed by atoms with Crippen molar-refractivity contribution < 1.29 is 14.3 Å². The SMILES string of the molecule is COc1ccc(OC[C@H](C)NC(=O)c2cc(C(C)(C)C)n3ncnc3n2)cc1. The van der Waals surface area contributed by atoms with Crippen LogP contribution >= 0.6 is 0 Å². The highest BCUT2D eigenvalue weighted by molar-refractivity contribution is 5.93. The number of benzene rings is 1. The summed E-state index contributed by atoms with van der Waals surface area (Å²) in [4.78, 5) is 21.1. The van der Waals surface area contributed by atoms with Gasteiger partial charge in [-0.3, -0.25) is 4.79 Å². The third-order valence-corrected chi connectivity index (χ3v) is 4.19. The number of rotatable bonds is 6. The second kappa shape index (κ2) is 7.84. The smallest absolute Gasteiger partial charge is 0.270 e. The first-order chi connectivity index (χ1) is 13.3. The highest BCUT2D eigenvalue weighted by atomic mass is 16.5. The second-order valence-corrected chi connectivity index (χ2v) is 7.61. The quantitative estimate of drug-likeness (QED) is 0.704. The predicted molar refractivity (Wildman–Crippen MR) is 105 cm³/mol. The molecular weight excluding hydrogens is 358 g/mol. The molecule has 1 atom stereocenters. The summed E-state index contributed by atoms with van der Waals surface area (Å²) >= 11 is 0. The maximum atomic E-state index is 12.7. The van der Waals surface area contributed by atoms with Gasteiger partial charge in [0, 0.05) is 5.41 Å². The Bertz CT molecular complexity index is 960. The first-order valence-electron chi connectivity index (χ1n) is 9.07. The van der Waals surface area contributed by atoms with Gasteiger partial charge in [-0.25, -0.2) is 9.50 Å². The molecule has 0 saturated carbocycles. The Balaban J connectivity index is 1.68. The molecule has 0 bridgehead atoms. The normalized spacial score (nSPS) is 12.6. The molecule has 1 N–H and O–H groups in total. The molecule has 0 saturated heterocycles. The minimum absolute atomic E-state index is 0.205. The Kier molecular flexibility index (Phi) is 5.48. The van der Waals surface area contributed by atoms with Crippen molar-refractivity contribution in [3.05, 3.63) is 48.0 Å². The van der Waals surface area contributed by atoms with Crippen molar-refractivity contribution in [2.24, 2.45) is 0 Å². The lowest BCUT2D eigenvalue weighted by Gasteiger charge is -2.20. The Hall–Kier alpha value is -3.16. The summed E-state index contributed by atoms with van der Waals surface area (Å²) in [6, 6.07) is 8.85. The highest BCUT2D eigenvalue weighted by Gasteiger charge is 2.23. The van der Waals surface area contributed by atoms with Crippen LogP contribution in [0.4, 0.5) is 0 Å². The average molecular weight is 383 g/mol. The first kappa shape index (κ1) is 19.6. The summed E-state index contributed by atoms with van der Waals surface area (Å²) in [6.45, 7) is 8.36. The molecule has 0 fully saturated rings. The molecule has 3 rings (SSSR count). The summed E-state index contributed by atoms with van der Waals surface area (Å²) in [5, 5.41) is 7.12. The number of hydrogen-bond acceptors (Lipinski definition) is 6. The fourth-order valence-corrected chi connectivity index (χ4v) is 2.70. The second-order valence-electron chi connectivity index (χ2n) is 7.61. The number of carbonyl (C=O) groups is 1. The molecule has 8 heteroatoms. The van der Waals surface area contributed by atoms with E-state index in [-0.39, 0.29) is 17.4 Å². The van der Waals surface area contributed by atoms with Crippen LogP contribution in [0.15, 0.2) is 36.7 Å². The van der Waals surface area contributed by atoms with Crippen molar-refractivity contribution in [1.29, 1.82) is 0 Å². The van der Waals surface area contributed by atoms with Crippen molar-refractivity contribution in [3.8, 4) is 11.5 Å². The van der Waals surface area contributed by atoms with Gasteiger partial charge in [0.1, 0.15) is 30.1 Å². The zero-order chi connectivity index (χ0) is 20.3. The van der Waals surface area contributed by atoms with Crippen LogP contribution in [0.25, 0.3) is 5.78 Å². The molecule has 1 aromatic carbocycles. The van der Waals surface area contributed by atoms with Gasteiger partial charge in [0.15, 0.2) is 0 Å². The molecule has 0 unspecified atom stereocenters. The lowest BCUT2D eigenvalue weighted by molar-refractivity contribution is 0.0921. The van der Waals surface area contributed by atoms with E-state index in [0.29, 0.717) is 23.8 Å². The summed E-state index contributed by atoms with van der Waals surface area (Å²) in [6.07, 6.45) is 1.44. The zero-order valence-electron chi connectivity index (χ0n) is 16.8. The molecule has 2 heterocycles. The van der Waals surface area contributed by atoms with Gasteiger partial charge in [-0.2, -0.15) is 10.1 Å². The van der Waals surface area contributed by atoms with Crippen LogP contribution in [0.1, 0.15) is 43.9 Å². The van der Waals surface area contributed by atoms with E-state index in [2.05, 4.69) is 41.2 Å². The Morgan fingerprint density at radius 2 is 1.89 bits per heavy atom. The van der Waals surface area contributed by atoms with Crippen molar-refractivity contribution in [2.75, 3.05) is 13.7 Å². The van der Waals surface area contributed by atoms with Crippen LogP contribution < -0.4 is 14.8 Å². The van der Waals surface area contributed by atoms with E-state index in [4.69, 9.17) is 9.47 Å². The zero-order valence-corrected chi connectivity index (χ0v) is 16.8. The number of methoxy groups -OCH3 is 1. The van der Waals surface area contributed by atoms with Crippen molar-refractivity contribution in [2.45, 2.75) is 39.2 Å². The topological polar surface area (TPSA) is 90.6 Å². The largest absolute Gasteiger partial charge is 0.497 e. The number of nitrogens with zero attached hydrogens (tertiary/aromatic N) is 4.